The number of carbonyl (C=O) groups excluding carboxylic acids is 1. The van der Waals surface area contributed by atoms with E-state index in [2.05, 4.69) is 5.92 Å². The number of rotatable bonds is 2. The van der Waals surface area contributed by atoms with Crippen molar-refractivity contribution in [2.24, 2.45) is 5.73 Å². The first-order chi connectivity index (χ1) is 8.06. The minimum atomic E-state index is -0.540. The minimum absolute atomic E-state index is 0.0725. The Kier molecular flexibility index (Phi) is 2.78. The average molecular weight is 229 g/mol. The van der Waals surface area contributed by atoms with E-state index in [9.17, 15) is 4.79 Å². The van der Waals surface area contributed by atoms with Crippen LogP contribution < -0.4 is 15.5 Å². The Morgan fingerprint density at radius 1 is 1.59 bits per heavy atom. The van der Waals surface area contributed by atoms with Crippen molar-refractivity contribution in [3.05, 3.63) is 23.8 Å². The molecule has 2 rings (SSSR count). The molecule has 0 radical (unpaired) electrons. The Morgan fingerprint density at radius 2 is 2.29 bits per heavy atom. The second kappa shape index (κ2) is 4.11. The molecule has 0 saturated heterocycles. The van der Waals surface area contributed by atoms with Gasteiger partial charge in [0.1, 0.15) is 6.04 Å². The number of carbonyl (C=O) groups is 1. The fourth-order valence-electron chi connectivity index (χ4n) is 2.01. The van der Waals surface area contributed by atoms with Gasteiger partial charge in [-0.15, -0.1) is 6.42 Å². The molecule has 0 saturated carbocycles. The Hall–Kier alpha value is -1.99. The zero-order valence-corrected chi connectivity index (χ0v) is 9.97. The molecule has 1 heterocycles. The molecule has 1 atom stereocenters. The van der Waals surface area contributed by atoms with Crippen LogP contribution in [0, 0.1) is 12.3 Å². The van der Waals surface area contributed by atoms with Gasteiger partial charge in [-0.3, -0.25) is 4.79 Å². The van der Waals surface area contributed by atoms with Gasteiger partial charge >= 0.3 is 0 Å². The van der Waals surface area contributed by atoms with Crippen molar-refractivity contribution in [2.45, 2.75) is 6.04 Å². The lowest BCUT2D eigenvalue weighted by molar-refractivity contribution is -0.118. The summed E-state index contributed by atoms with van der Waals surface area (Å²) in [5.41, 5.74) is 8.55. The van der Waals surface area contributed by atoms with Gasteiger partial charge in [0.25, 0.3) is 0 Å². The van der Waals surface area contributed by atoms with Crippen LogP contribution in [0.3, 0.4) is 0 Å². The summed E-state index contributed by atoms with van der Waals surface area (Å²) in [5.74, 6) is 2.51. The third-order valence-corrected chi connectivity index (χ3v) is 3.08. The van der Waals surface area contributed by atoms with Crippen LogP contribution >= 0.6 is 0 Å². The molecular weight excluding hydrogens is 214 g/mol. The molecule has 88 valence electrons. The van der Waals surface area contributed by atoms with Crippen molar-refractivity contribution < 1.29 is 4.79 Å². The molecule has 1 aromatic carbocycles. The van der Waals surface area contributed by atoms with Gasteiger partial charge in [0.2, 0.25) is 5.91 Å². The first-order valence-corrected chi connectivity index (χ1v) is 5.38. The summed E-state index contributed by atoms with van der Waals surface area (Å²) in [6.45, 7) is 0.530. The summed E-state index contributed by atoms with van der Waals surface area (Å²) in [7, 11) is 3.65. The highest BCUT2D eigenvalue weighted by molar-refractivity contribution is 6.04. The van der Waals surface area contributed by atoms with E-state index in [1.165, 1.54) is 0 Å². The molecule has 0 fully saturated rings. The summed E-state index contributed by atoms with van der Waals surface area (Å²) >= 11 is 0. The fraction of sp³-hybridized carbons (Fsp3) is 0.308. The molecule has 1 unspecified atom stereocenters. The van der Waals surface area contributed by atoms with Crippen molar-refractivity contribution in [1.29, 1.82) is 0 Å². The van der Waals surface area contributed by atoms with Crippen LogP contribution in [0.2, 0.25) is 0 Å². The molecule has 1 aliphatic rings. The van der Waals surface area contributed by atoms with Crippen LogP contribution in [0.25, 0.3) is 0 Å². The zero-order chi connectivity index (χ0) is 12.6. The minimum Gasteiger partial charge on any atom is -0.363 e. The molecule has 0 bridgehead atoms. The quantitative estimate of drug-likeness (QED) is 0.761. The van der Waals surface area contributed by atoms with Gasteiger partial charge in [0, 0.05) is 25.3 Å². The topological polar surface area (TPSA) is 49.6 Å². The molecular formula is C13H15N3O. The highest BCUT2D eigenvalue weighted by atomic mass is 16.2. The van der Waals surface area contributed by atoms with E-state index < -0.39 is 6.04 Å². The number of terminal acetylenes is 1. The van der Waals surface area contributed by atoms with E-state index >= 15 is 0 Å². The number of amides is 1. The third kappa shape index (κ3) is 1.75. The standard InChI is InChI=1S/C13H15N3O/c1-4-7-15(2)9-5-6-10-11(8-9)16(3)13(17)12(10)14/h1,5-6,8,12H,7,14H2,2-3H3. The molecule has 1 amide bonds. The second-order valence-electron chi connectivity index (χ2n) is 4.18. The van der Waals surface area contributed by atoms with Crippen LogP contribution in [0.15, 0.2) is 18.2 Å². The maximum Gasteiger partial charge on any atom is 0.248 e. The molecule has 4 heteroatoms. The van der Waals surface area contributed by atoms with Crippen molar-refractivity contribution >= 4 is 17.3 Å². The zero-order valence-electron chi connectivity index (χ0n) is 9.97. The van der Waals surface area contributed by atoms with Gasteiger partial charge in [-0.2, -0.15) is 0 Å². The Bertz CT molecular complexity index is 504. The summed E-state index contributed by atoms with van der Waals surface area (Å²) < 4.78 is 0. The molecule has 1 aromatic rings. The molecule has 1 aliphatic heterocycles. The van der Waals surface area contributed by atoms with Crippen molar-refractivity contribution in [3.8, 4) is 12.3 Å². The summed E-state index contributed by atoms with van der Waals surface area (Å²) in [6.07, 6.45) is 5.27. The smallest absolute Gasteiger partial charge is 0.248 e. The average Bonchev–Trinajstić information content (AvgIpc) is 2.55. The number of hydrogen-bond acceptors (Lipinski definition) is 3. The Morgan fingerprint density at radius 3 is 2.94 bits per heavy atom. The number of nitrogens with zero attached hydrogens (tertiary/aromatic N) is 2. The van der Waals surface area contributed by atoms with Crippen LogP contribution in [-0.2, 0) is 4.79 Å². The maximum absolute atomic E-state index is 11.7. The van der Waals surface area contributed by atoms with Gasteiger partial charge < -0.3 is 15.5 Å². The lowest BCUT2D eigenvalue weighted by atomic mass is 10.1. The first kappa shape index (κ1) is 11.5. The second-order valence-corrected chi connectivity index (χ2v) is 4.18. The van der Waals surface area contributed by atoms with Gasteiger partial charge in [-0.05, 0) is 12.1 Å². The first-order valence-electron chi connectivity index (χ1n) is 5.38. The van der Waals surface area contributed by atoms with Gasteiger partial charge in [-0.1, -0.05) is 12.0 Å². The Balaban J connectivity index is 2.40. The van der Waals surface area contributed by atoms with E-state index in [1.807, 2.05) is 30.1 Å². The number of benzene rings is 1. The van der Waals surface area contributed by atoms with E-state index in [0.717, 1.165) is 16.9 Å². The number of hydrogen-bond donors (Lipinski definition) is 1. The van der Waals surface area contributed by atoms with Crippen LogP contribution in [0.1, 0.15) is 11.6 Å². The van der Waals surface area contributed by atoms with Crippen LogP contribution in [-0.4, -0.2) is 26.5 Å². The number of anilines is 2. The normalized spacial score (nSPS) is 17.9. The van der Waals surface area contributed by atoms with Crippen molar-refractivity contribution in [2.75, 3.05) is 30.4 Å². The van der Waals surface area contributed by atoms with E-state index in [-0.39, 0.29) is 5.91 Å². The van der Waals surface area contributed by atoms with E-state index in [0.29, 0.717) is 6.54 Å². The molecule has 4 nitrogen and oxygen atoms in total. The van der Waals surface area contributed by atoms with Crippen LogP contribution in [0.4, 0.5) is 11.4 Å². The predicted octanol–water partition coefficient (Wildman–Crippen LogP) is 0.732. The predicted molar refractivity (Wildman–Crippen MR) is 68.9 cm³/mol. The number of fused-ring (bicyclic) bond motifs is 1. The SMILES string of the molecule is C#CCN(C)c1ccc2c(c1)N(C)C(=O)C2N. The van der Waals surface area contributed by atoms with E-state index in [1.54, 1.807) is 11.9 Å². The highest BCUT2D eigenvalue weighted by Crippen LogP contribution is 2.35. The summed E-state index contributed by atoms with van der Waals surface area (Å²) in [6, 6.07) is 5.23. The van der Waals surface area contributed by atoms with Gasteiger partial charge in [0.05, 0.1) is 12.2 Å². The maximum atomic E-state index is 11.7. The fourth-order valence-corrected chi connectivity index (χ4v) is 2.01. The lowest BCUT2D eigenvalue weighted by Crippen LogP contribution is -2.27. The van der Waals surface area contributed by atoms with Crippen molar-refractivity contribution in [1.82, 2.24) is 0 Å². The molecule has 17 heavy (non-hydrogen) atoms. The third-order valence-electron chi connectivity index (χ3n) is 3.08. The number of nitrogens with two attached hydrogens (primary N) is 1. The van der Waals surface area contributed by atoms with Gasteiger partial charge in [-0.25, -0.2) is 0 Å². The Labute approximate surface area is 101 Å². The summed E-state index contributed by atoms with van der Waals surface area (Å²) in [5, 5.41) is 0. The molecule has 0 spiro atoms. The molecule has 0 aliphatic carbocycles. The number of likely N-dealkylation sites (N-methyl/N-ethyl adjacent to an activating group) is 1. The largest absolute Gasteiger partial charge is 0.363 e. The van der Waals surface area contributed by atoms with E-state index in [4.69, 9.17) is 12.2 Å². The lowest BCUT2D eigenvalue weighted by Gasteiger charge is -2.18. The van der Waals surface area contributed by atoms with Crippen molar-refractivity contribution in [3.63, 3.8) is 0 Å². The molecule has 0 aromatic heterocycles. The van der Waals surface area contributed by atoms with Crippen LogP contribution in [0.5, 0.6) is 0 Å². The highest BCUT2D eigenvalue weighted by Gasteiger charge is 2.32. The summed E-state index contributed by atoms with van der Waals surface area (Å²) in [4.78, 5) is 15.3. The monoisotopic (exact) mass is 229 g/mol. The van der Waals surface area contributed by atoms with Gasteiger partial charge in [0.15, 0.2) is 0 Å². The molecule has 2 N–H and O–H groups in total.